The molecule has 3 saturated heterocycles. The lowest BCUT2D eigenvalue weighted by Crippen LogP contribution is -2.58. The molecule has 1 aromatic heterocycles. The first kappa shape index (κ1) is 18.8. The Morgan fingerprint density at radius 3 is 2.93 bits per heavy atom. The molecule has 9 nitrogen and oxygen atoms in total. The van der Waals surface area contributed by atoms with E-state index in [1.807, 2.05) is 0 Å². The molecule has 6 N–H and O–H groups in total. The number of hydrogen-bond acceptors (Lipinski definition) is 8. The van der Waals surface area contributed by atoms with Gasteiger partial charge in [0.2, 0.25) is 5.91 Å². The number of piperazine rings is 1. The third-order valence-corrected chi connectivity index (χ3v) is 5.46. The molecule has 0 spiro atoms. The van der Waals surface area contributed by atoms with E-state index in [1.165, 1.54) is 0 Å². The minimum Gasteiger partial charge on any atom is -0.366 e. The second-order valence-corrected chi connectivity index (χ2v) is 7.43. The van der Waals surface area contributed by atoms with Crippen molar-refractivity contribution in [2.45, 2.75) is 18.5 Å². The van der Waals surface area contributed by atoms with Crippen LogP contribution in [0.15, 0.2) is 12.4 Å². The number of fused-ring (bicyclic) bond motifs is 1. The average Bonchev–Trinajstić information content (AvgIpc) is 2.97. The molecule has 27 heavy (non-hydrogen) atoms. The predicted octanol–water partition coefficient (Wildman–Crippen LogP) is -0.928. The van der Waals surface area contributed by atoms with Crippen LogP contribution in [0.1, 0.15) is 0 Å². The van der Waals surface area contributed by atoms with Crippen LogP contribution >= 0.6 is 11.6 Å². The predicted molar refractivity (Wildman–Crippen MR) is 101 cm³/mol. The lowest BCUT2D eigenvalue weighted by Gasteiger charge is -2.34. The Bertz CT molecular complexity index is 703. The Hall–Kier alpha value is -1.56. The van der Waals surface area contributed by atoms with E-state index in [9.17, 15) is 9.18 Å². The molecule has 3 aliphatic rings. The topological polar surface area (TPSA) is 111 Å². The van der Waals surface area contributed by atoms with Crippen LogP contribution in [-0.4, -0.2) is 73.7 Å². The maximum Gasteiger partial charge on any atom is 0.233 e. The fourth-order valence-electron chi connectivity index (χ4n) is 3.92. The van der Waals surface area contributed by atoms with E-state index in [2.05, 4.69) is 31.3 Å². The molecule has 1 amide bonds. The number of nitrogens with two attached hydrogens (primary N) is 1. The van der Waals surface area contributed by atoms with Crippen LogP contribution in [0.5, 0.6) is 0 Å². The highest BCUT2D eigenvalue weighted by molar-refractivity contribution is 6.34. The zero-order valence-corrected chi connectivity index (χ0v) is 15.5. The van der Waals surface area contributed by atoms with Crippen molar-refractivity contribution in [1.82, 2.24) is 26.1 Å². The van der Waals surface area contributed by atoms with E-state index in [-0.39, 0.29) is 25.2 Å². The first-order valence-corrected chi connectivity index (χ1v) is 9.48. The first-order valence-electron chi connectivity index (χ1n) is 9.10. The molecule has 0 aliphatic carbocycles. The summed E-state index contributed by atoms with van der Waals surface area (Å²) in [5.41, 5.74) is 10.4. The van der Waals surface area contributed by atoms with Crippen LogP contribution in [0.2, 0.25) is 5.02 Å². The number of amides is 1. The molecule has 4 rings (SSSR count). The summed E-state index contributed by atoms with van der Waals surface area (Å²) >= 11 is 6.39. The third kappa shape index (κ3) is 3.73. The quantitative estimate of drug-likeness (QED) is 0.444. The van der Waals surface area contributed by atoms with Gasteiger partial charge < -0.3 is 21.3 Å². The van der Waals surface area contributed by atoms with Crippen molar-refractivity contribution < 1.29 is 9.18 Å². The number of hydrazine groups is 1. The summed E-state index contributed by atoms with van der Waals surface area (Å²) in [4.78, 5) is 19.3. The number of rotatable bonds is 3. The number of carbonyl (C=O) groups excluding carboxylic acids is 1. The molecule has 0 saturated carbocycles. The second kappa shape index (κ2) is 7.82. The number of pyridine rings is 1. The van der Waals surface area contributed by atoms with Crippen molar-refractivity contribution in [2.75, 3.05) is 49.5 Å². The minimum atomic E-state index is -1.00. The Morgan fingerprint density at radius 2 is 2.15 bits per heavy atom. The highest BCUT2D eigenvalue weighted by atomic mass is 35.5. The number of carbonyl (C=O) groups is 1. The van der Waals surface area contributed by atoms with Gasteiger partial charge in [0.05, 0.1) is 40.8 Å². The molecular formula is C16H24ClFN8O. The van der Waals surface area contributed by atoms with E-state index in [0.717, 1.165) is 31.9 Å². The summed E-state index contributed by atoms with van der Waals surface area (Å²) < 4.78 is 13.6. The number of nitrogens with one attached hydrogen (secondary N) is 4. The van der Waals surface area contributed by atoms with Gasteiger partial charge in [0.1, 0.15) is 6.17 Å². The minimum absolute atomic E-state index is 0.194. The van der Waals surface area contributed by atoms with Gasteiger partial charge in [-0.1, -0.05) is 11.6 Å². The van der Waals surface area contributed by atoms with Gasteiger partial charge in [-0.2, -0.15) is 0 Å². The molecule has 0 aromatic carbocycles. The summed E-state index contributed by atoms with van der Waals surface area (Å²) in [5.74, 6) is -0.833. The van der Waals surface area contributed by atoms with Gasteiger partial charge in [-0.15, -0.1) is 0 Å². The van der Waals surface area contributed by atoms with E-state index >= 15 is 0 Å². The molecule has 4 unspecified atom stereocenters. The average molecular weight is 399 g/mol. The van der Waals surface area contributed by atoms with E-state index in [4.69, 9.17) is 17.3 Å². The highest BCUT2D eigenvalue weighted by Crippen LogP contribution is 2.34. The van der Waals surface area contributed by atoms with Gasteiger partial charge in [-0.3, -0.25) is 15.1 Å². The van der Waals surface area contributed by atoms with E-state index in [1.54, 1.807) is 17.4 Å². The van der Waals surface area contributed by atoms with Crippen molar-refractivity contribution in [3.8, 4) is 0 Å². The number of hydrogen-bond donors (Lipinski definition) is 5. The van der Waals surface area contributed by atoms with E-state index in [0.29, 0.717) is 10.7 Å². The van der Waals surface area contributed by atoms with Crippen molar-refractivity contribution in [3.63, 3.8) is 0 Å². The normalized spacial score (nSPS) is 31.6. The molecule has 1 aromatic rings. The number of nitrogens with zero attached hydrogens (tertiary/aromatic N) is 3. The monoisotopic (exact) mass is 398 g/mol. The molecule has 3 aliphatic heterocycles. The van der Waals surface area contributed by atoms with Gasteiger partial charge in [-0.05, 0) is 0 Å². The molecule has 0 radical (unpaired) electrons. The van der Waals surface area contributed by atoms with Crippen molar-refractivity contribution in [2.24, 2.45) is 11.7 Å². The molecule has 11 heteroatoms. The summed E-state index contributed by atoms with van der Waals surface area (Å²) in [7, 11) is 0. The summed E-state index contributed by atoms with van der Waals surface area (Å²) in [5, 5.41) is 11.4. The lowest BCUT2D eigenvalue weighted by molar-refractivity contribution is -0.121. The molecule has 4 atom stereocenters. The first-order chi connectivity index (χ1) is 13.0. The maximum absolute atomic E-state index is 13.6. The van der Waals surface area contributed by atoms with Crippen molar-refractivity contribution in [1.29, 1.82) is 0 Å². The summed E-state index contributed by atoms with van der Waals surface area (Å²) in [6, 6.07) is 0. The van der Waals surface area contributed by atoms with E-state index < -0.39 is 18.3 Å². The highest BCUT2D eigenvalue weighted by Gasteiger charge is 2.47. The van der Waals surface area contributed by atoms with Gasteiger partial charge in [0.25, 0.3) is 0 Å². The number of alkyl halides is 1. The second-order valence-electron chi connectivity index (χ2n) is 7.03. The lowest BCUT2D eigenvalue weighted by atomic mass is 10.0. The van der Waals surface area contributed by atoms with Crippen LogP contribution in [0, 0.1) is 5.92 Å². The Labute approximate surface area is 161 Å². The van der Waals surface area contributed by atoms with Crippen LogP contribution in [0.3, 0.4) is 0 Å². The summed E-state index contributed by atoms with van der Waals surface area (Å²) in [6.07, 6.45) is 1.20. The Kier molecular flexibility index (Phi) is 5.44. The Balaban J connectivity index is 1.54. The Morgan fingerprint density at radius 1 is 1.37 bits per heavy atom. The molecule has 4 heterocycles. The largest absolute Gasteiger partial charge is 0.366 e. The van der Waals surface area contributed by atoms with Crippen LogP contribution in [-0.2, 0) is 4.79 Å². The van der Waals surface area contributed by atoms with Crippen molar-refractivity contribution >= 4 is 28.9 Å². The fourth-order valence-corrected chi connectivity index (χ4v) is 4.20. The molecule has 0 bridgehead atoms. The van der Waals surface area contributed by atoms with Gasteiger partial charge >= 0.3 is 0 Å². The molecular weight excluding hydrogens is 375 g/mol. The zero-order chi connectivity index (χ0) is 19.0. The number of anilines is 2. The van der Waals surface area contributed by atoms with Gasteiger partial charge in [-0.25, -0.2) is 14.8 Å². The van der Waals surface area contributed by atoms with Crippen LogP contribution in [0.4, 0.5) is 15.8 Å². The zero-order valence-electron chi connectivity index (χ0n) is 14.8. The van der Waals surface area contributed by atoms with Crippen molar-refractivity contribution in [3.05, 3.63) is 17.4 Å². The fraction of sp³-hybridized carbons (Fsp3) is 0.625. The molecule has 148 valence electrons. The smallest absolute Gasteiger partial charge is 0.233 e. The van der Waals surface area contributed by atoms with Gasteiger partial charge in [0, 0.05) is 45.5 Å². The van der Waals surface area contributed by atoms with Crippen LogP contribution in [0.25, 0.3) is 0 Å². The number of aromatic nitrogens is 1. The molecule has 3 fully saturated rings. The summed E-state index contributed by atoms with van der Waals surface area (Å²) in [6.45, 7) is 3.65. The maximum atomic E-state index is 13.6. The standard InChI is InChI=1S/C16H24ClFN8O/c17-10-6-21-7-11(13(10)25-3-1-20-2-4-25)23-16(27)12-14(19)24-26-8-9(18)5-22-15(12)26/h6-7,9,12,14-15,20,22,24H,1-5,8,19H2,(H,23,27). The van der Waals surface area contributed by atoms with Gasteiger partial charge in [0.15, 0.2) is 0 Å². The number of halogens is 2. The third-order valence-electron chi connectivity index (χ3n) is 5.19. The van der Waals surface area contributed by atoms with Crippen LogP contribution < -0.4 is 32.0 Å². The SMILES string of the molecule is NC1NN2CC(F)CNC2C1C(=O)Nc1cncc(Cl)c1N1CCNCC1.